The Bertz CT molecular complexity index is 1120. The first kappa shape index (κ1) is 30.7. The third-order valence-corrected chi connectivity index (χ3v) is 6.06. The summed E-state index contributed by atoms with van der Waals surface area (Å²) in [6.45, 7) is 8.84. The summed E-state index contributed by atoms with van der Waals surface area (Å²) in [6.07, 6.45) is 11.7. The highest BCUT2D eigenvalue weighted by molar-refractivity contribution is 6.15. The van der Waals surface area contributed by atoms with Crippen LogP contribution in [-0.2, 0) is 4.74 Å². The Labute approximate surface area is 226 Å². The van der Waals surface area contributed by atoms with E-state index in [9.17, 15) is 14.7 Å². The van der Waals surface area contributed by atoms with Gasteiger partial charge in [0.2, 0.25) is 0 Å². The summed E-state index contributed by atoms with van der Waals surface area (Å²) in [5.41, 5.74) is 2.88. The molecule has 8 nitrogen and oxygen atoms in total. The van der Waals surface area contributed by atoms with Crippen molar-refractivity contribution in [3.8, 4) is 5.75 Å². The number of fused-ring (bicyclic) bond motifs is 1. The number of Topliss-reactive ketones (excluding diaryl/α,β-unsaturated/α-hetero) is 1. The van der Waals surface area contributed by atoms with Gasteiger partial charge in [0.05, 0.1) is 31.5 Å². The molecule has 1 aliphatic carbocycles. The van der Waals surface area contributed by atoms with Crippen LogP contribution in [0.3, 0.4) is 0 Å². The van der Waals surface area contributed by atoms with E-state index in [1.54, 1.807) is 31.5 Å². The summed E-state index contributed by atoms with van der Waals surface area (Å²) < 4.78 is 10.3. The van der Waals surface area contributed by atoms with Gasteiger partial charge in [0, 0.05) is 43.1 Å². The maximum Gasteiger partial charge on any atom is 0.258 e. The topological polar surface area (TPSA) is 100 Å². The van der Waals surface area contributed by atoms with Crippen molar-refractivity contribution >= 4 is 17.9 Å². The number of benzene rings is 1. The molecule has 0 saturated heterocycles. The highest BCUT2D eigenvalue weighted by Crippen LogP contribution is 2.28. The largest absolute Gasteiger partial charge is 0.496 e. The smallest absolute Gasteiger partial charge is 0.258 e. The van der Waals surface area contributed by atoms with E-state index in [1.165, 1.54) is 12.0 Å². The Morgan fingerprint density at radius 2 is 2.05 bits per heavy atom. The number of ether oxygens (including phenoxy) is 2. The first-order valence-electron chi connectivity index (χ1n) is 13.1. The van der Waals surface area contributed by atoms with Gasteiger partial charge in [0.25, 0.3) is 5.91 Å². The van der Waals surface area contributed by atoms with Crippen molar-refractivity contribution in [3.63, 3.8) is 0 Å². The number of rotatable bonds is 11. The molecule has 0 bridgehead atoms. The van der Waals surface area contributed by atoms with Crippen LogP contribution in [0.4, 0.5) is 0 Å². The molecule has 1 aromatic carbocycles. The number of carbonyl (C=O) groups is 2. The number of carbonyl (C=O) groups excluding carboxylic acids is 2. The van der Waals surface area contributed by atoms with Crippen molar-refractivity contribution in [2.24, 2.45) is 10.9 Å². The van der Waals surface area contributed by atoms with Crippen LogP contribution in [-0.4, -0.2) is 68.1 Å². The summed E-state index contributed by atoms with van der Waals surface area (Å²) in [6, 6.07) is 5.06. The van der Waals surface area contributed by atoms with E-state index in [1.807, 2.05) is 51.2 Å². The van der Waals surface area contributed by atoms with Gasteiger partial charge in [-0.15, -0.1) is 0 Å². The molecule has 8 heteroatoms. The van der Waals surface area contributed by atoms with Crippen LogP contribution in [0, 0.1) is 5.92 Å². The molecule has 3 rings (SSSR count). The van der Waals surface area contributed by atoms with Crippen LogP contribution in [0.2, 0.25) is 0 Å². The molecule has 2 aliphatic rings. The second-order valence-corrected chi connectivity index (χ2v) is 8.71. The number of hydrogen-bond acceptors (Lipinski definition) is 7. The van der Waals surface area contributed by atoms with E-state index in [4.69, 9.17) is 9.47 Å². The van der Waals surface area contributed by atoms with Crippen molar-refractivity contribution in [2.45, 2.75) is 46.8 Å². The molecule has 38 heavy (non-hydrogen) atoms. The van der Waals surface area contributed by atoms with Crippen LogP contribution in [0.1, 0.15) is 61.3 Å². The predicted molar refractivity (Wildman–Crippen MR) is 152 cm³/mol. The lowest BCUT2D eigenvalue weighted by atomic mass is 9.94. The monoisotopic (exact) mass is 523 g/mol. The van der Waals surface area contributed by atoms with E-state index in [0.29, 0.717) is 53.6 Å². The van der Waals surface area contributed by atoms with Crippen LogP contribution in [0.15, 0.2) is 70.5 Å². The predicted octanol–water partition coefficient (Wildman–Crippen LogP) is 4.69. The normalized spacial score (nSPS) is 18.6. The molecule has 0 saturated carbocycles. The quantitative estimate of drug-likeness (QED) is 0.248. The van der Waals surface area contributed by atoms with Crippen molar-refractivity contribution in [3.05, 3.63) is 76.7 Å². The van der Waals surface area contributed by atoms with Gasteiger partial charge >= 0.3 is 0 Å². The van der Waals surface area contributed by atoms with Gasteiger partial charge in [0.15, 0.2) is 12.0 Å². The Kier molecular flexibility index (Phi) is 12.7. The van der Waals surface area contributed by atoms with Gasteiger partial charge in [-0.05, 0) is 31.4 Å². The summed E-state index contributed by atoms with van der Waals surface area (Å²) in [7, 11) is 3.11. The molecule has 206 valence electrons. The second kappa shape index (κ2) is 15.7. The van der Waals surface area contributed by atoms with Gasteiger partial charge in [-0.25, -0.2) is 0 Å². The number of ketones is 1. The third kappa shape index (κ3) is 8.00. The van der Waals surface area contributed by atoms with Crippen LogP contribution < -0.4 is 10.1 Å². The number of methoxy groups -OCH3 is 2. The molecule has 0 radical (unpaired) electrons. The second-order valence-electron chi connectivity index (χ2n) is 8.71. The van der Waals surface area contributed by atoms with Gasteiger partial charge in [-0.2, -0.15) is 0 Å². The highest BCUT2D eigenvalue weighted by Gasteiger charge is 2.32. The zero-order valence-electron chi connectivity index (χ0n) is 23.4. The lowest BCUT2D eigenvalue weighted by Crippen LogP contribution is -2.42. The van der Waals surface area contributed by atoms with Gasteiger partial charge in [-0.3, -0.25) is 14.6 Å². The number of allylic oxidation sites excluding steroid dienone is 4. The fourth-order valence-corrected chi connectivity index (χ4v) is 4.15. The molecule has 0 aromatic heterocycles. The number of nitrogens with zero attached hydrogens (tertiary/aromatic N) is 2. The van der Waals surface area contributed by atoms with Crippen LogP contribution >= 0.6 is 0 Å². The molecule has 0 spiro atoms. The average molecular weight is 524 g/mol. The summed E-state index contributed by atoms with van der Waals surface area (Å²) in [5, 5.41) is 14.0. The van der Waals surface area contributed by atoms with Crippen molar-refractivity contribution in [1.29, 1.82) is 0 Å². The molecule has 0 fully saturated rings. The Hall–Kier alpha value is -3.49. The number of nitrogens with one attached hydrogen (secondary N) is 1. The molecule has 2 unspecified atom stereocenters. The van der Waals surface area contributed by atoms with Crippen molar-refractivity contribution in [1.82, 2.24) is 10.2 Å². The van der Waals surface area contributed by atoms with Crippen molar-refractivity contribution in [2.75, 3.05) is 33.9 Å². The number of hydrogen-bond donors (Lipinski definition) is 2. The Morgan fingerprint density at radius 3 is 2.74 bits per heavy atom. The van der Waals surface area contributed by atoms with Gasteiger partial charge in [-0.1, -0.05) is 57.2 Å². The maximum atomic E-state index is 13.0. The van der Waals surface area contributed by atoms with E-state index in [2.05, 4.69) is 17.2 Å². The SMILES string of the molecule is C/C=C(\C=C/COC)NC(O)C1=CCC(C)C=C1N=CCCN1CC(=O)c2cccc(OC)c2C1=O.CC. The fraction of sp³-hybridized carbons (Fsp3) is 0.433. The fourth-order valence-electron chi connectivity index (χ4n) is 4.15. The zero-order valence-corrected chi connectivity index (χ0v) is 23.4. The molecule has 1 aliphatic heterocycles. The molecule has 1 heterocycles. The minimum atomic E-state index is -0.926. The first-order chi connectivity index (χ1) is 18.4. The first-order valence-corrected chi connectivity index (χ1v) is 13.1. The van der Waals surface area contributed by atoms with Gasteiger partial charge in [0.1, 0.15) is 5.75 Å². The van der Waals surface area contributed by atoms with E-state index in [0.717, 1.165) is 12.1 Å². The lowest BCUT2D eigenvalue weighted by Gasteiger charge is -2.28. The number of aliphatic hydroxyl groups excluding tert-OH is 1. The summed E-state index contributed by atoms with van der Waals surface area (Å²) in [4.78, 5) is 31.7. The summed E-state index contributed by atoms with van der Waals surface area (Å²) >= 11 is 0. The van der Waals surface area contributed by atoms with Gasteiger partial charge < -0.3 is 24.8 Å². The number of aliphatic hydroxyl groups is 1. The van der Waals surface area contributed by atoms with E-state index < -0.39 is 6.23 Å². The lowest BCUT2D eigenvalue weighted by molar-refractivity contribution is 0.0682. The van der Waals surface area contributed by atoms with Crippen LogP contribution in [0.5, 0.6) is 5.75 Å². The molecular formula is C30H41N3O5. The zero-order chi connectivity index (χ0) is 28.1. The molecule has 1 aromatic rings. The minimum Gasteiger partial charge on any atom is -0.496 e. The van der Waals surface area contributed by atoms with Crippen LogP contribution in [0.25, 0.3) is 0 Å². The standard InChI is InChI=1S/C28H35N3O5.C2H6/c1-5-20(9-7-16-35-3)30-27(33)21-13-12-19(2)17-23(21)29-14-8-15-31-18-24(32)22-10-6-11-25(36-4)26(22)28(31)34;1-2/h5-7,9-11,13-14,17,19,27,30,33H,8,12,15-16,18H2,1-4H3;1-2H3/b9-7-,20-5+,29-14?;. The third-order valence-electron chi connectivity index (χ3n) is 6.06. The minimum absolute atomic E-state index is 0.0308. The van der Waals surface area contributed by atoms with E-state index >= 15 is 0 Å². The van der Waals surface area contributed by atoms with Crippen molar-refractivity contribution < 1.29 is 24.2 Å². The molecular weight excluding hydrogens is 482 g/mol. The maximum absolute atomic E-state index is 13.0. The molecule has 2 atom stereocenters. The Morgan fingerprint density at radius 1 is 1.29 bits per heavy atom. The number of aliphatic imine (C=N–C) groups is 1. The van der Waals surface area contributed by atoms with E-state index in [-0.39, 0.29) is 18.2 Å². The summed E-state index contributed by atoms with van der Waals surface area (Å²) in [5.74, 6) is 0.366. The average Bonchev–Trinajstić information content (AvgIpc) is 2.93. The number of amides is 1. The highest BCUT2D eigenvalue weighted by atomic mass is 16.5. The Balaban J connectivity index is 0.00000247. The molecule has 1 amide bonds. The molecule has 2 N–H and O–H groups in total.